The number of rotatable bonds is 7. The van der Waals surface area contributed by atoms with Crippen LogP contribution in [-0.2, 0) is 26.1 Å². The summed E-state index contributed by atoms with van der Waals surface area (Å²) in [4.78, 5) is 0. The highest BCUT2D eigenvalue weighted by molar-refractivity contribution is 5.26. The van der Waals surface area contributed by atoms with Crippen molar-refractivity contribution in [2.45, 2.75) is 33.0 Å². The van der Waals surface area contributed by atoms with Crippen LogP contribution in [0.2, 0.25) is 0 Å². The van der Waals surface area contributed by atoms with Gasteiger partial charge in [-0.1, -0.05) is 36.4 Å². The van der Waals surface area contributed by atoms with Gasteiger partial charge in [0, 0.05) is 19.3 Å². The van der Waals surface area contributed by atoms with Gasteiger partial charge in [-0.05, 0) is 17.5 Å². The Kier molecular flexibility index (Phi) is 5.06. The molecule has 2 rings (SSSR count). The largest absolute Gasteiger partial charge is 0.394 e. The van der Waals surface area contributed by atoms with E-state index in [0.717, 1.165) is 18.7 Å². The maximum absolute atomic E-state index is 8.81. The molecule has 0 atom stereocenters. The normalized spacial score (nSPS) is 10.8. The average Bonchev–Trinajstić information content (AvgIpc) is 2.87. The van der Waals surface area contributed by atoms with E-state index in [4.69, 9.17) is 5.11 Å². The number of nitrogens with zero attached hydrogens (tertiary/aromatic N) is 3. The van der Waals surface area contributed by atoms with E-state index in [2.05, 4.69) is 46.8 Å². The van der Waals surface area contributed by atoms with E-state index in [-0.39, 0.29) is 6.61 Å². The fraction of sp³-hybridized carbons (Fsp3) is 0.429. The summed E-state index contributed by atoms with van der Waals surface area (Å²) >= 11 is 0. The molecule has 5 nitrogen and oxygen atoms in total. The van der Waals surface area contributed by atoms with Crippen LogP contribution in [0.4, 0.5) is 0 Å². The van der Waals surface area contributed by atoms with Gasteiger partial charge in [-0.3, -0.25) is 0 Å². The van der Waals surface area contributed by atoms with Gasteiger partial charge in [0.15, 0.2) is 0 Å². The molecule has 1 aromatic heterocycles. The lowest BCUT2D eigenvalue weighted by Crippen LogP contribution is -2.14. The van der Waals surface area contributed by atoms with Crippen molar-refractivity contribution in [3.8, 4) is 0 Å². The number of aromatic nitrogens is 3. The van der Waals surface area contributed by atoms with Crippen molar-refractivity contribution >= 4 is 0 Å². The molecule has 0 bridgehead atoms. The minimum Gasteiger partial charge on any atom is -0.394 e. The van der Waals surface area contributed by atoms with Gasteiger partial charge in [-0.2, -0.15) is 0 Å². The van der Waals surface area contributed by atoms with E-state index < -0.39 is 0 Å². The van der Waals surface area contributed by atoms with Crippen LogP contribution in [0.5, 0.6) is 0 Å². The summed E-state index contributed by atoms with van der Waals surface area (Å²) in [5.41, 5.74) is 3.59. The van der Waals surface area contributed by atoms with Gasteiger partial charge >= 0.3 is 0 Å². The molecule has 0 unspecified atom stereocenters. The lowest BCUT2D eigenvalue weighted by Gasteiger charge is -2.07. The Labute approximate surface area is 113 Å². The van der Waals surface area contributed by atoms with Crippen LogP contribution in [0.1, 0.15) is 23.7 Å². The molecule has 2 aromatic rings. The molecule has 0 saturated carbocycles. The zero-order valence-electron chi connectivity index (χ0n) is 11.2. The number of benzene rings is 1. The smallest absolute Gasteiger partial charge is 0.0964 e. The summed E-state index contributed by atoms with van der Waals surface area (Å²) in [6.07, 6.45) is 2.90. The molecule has 0 aliphatic heterocycles. The molecule has 5 heteroatoms. The van der Waals surface area contributed by atoms with Crippen LogP contribution in [0, 0.1) is 0 Å². The molecule has 1 aromatic carbocycles. The third-order valence-corrected chi connectivity index (χ3v) is 3.04. The minimum atomic E-state index is 0.0834. The Morgan fingerprint density at radius 3 is 2.74 bits per heavy atom. The Morgan fingerprint density at radius 1 is 1.21 bits per heavy atom. The highest BCUT2D eigenvalue weighted by Gasteiger charge is 2.02. The first-order valence-corrected chi connectivity index (χ1v) is 6.61. The van der Waals surface area contributed by atoms with Crippen molar-refractivity contribution in [3.05, 3.63) is 47.3 Å². The van der Waals surface area contributed by atoms with E-state index in [0.29, 0.717) is 13.1 Å². The summed E-state index contributed by atoms with van der Waals surface area (Å²) in [5, 5.41) is 20.2. The Bertz CT molecular complexity index is 510. The second kappa shape index (κ2) is 7.01. The second-order valence-corrected chi connectivity index (χ2v) is 4.42. The molecule has 0 amide bonds. The Balaban J connectivity index is 1.85. The van der Waals surface area contributed by atoms with Crippen molar-refractivity contribution in [1.82, 2.24) is 20.3 Å². The van der Waals surface area contributed by atoms with Crippen molar-refractivity contribution in [1.29, 1.82) is 0 Å². The maximum Gasteiger partial charge on any atom is 0.0964 e. The van der Waals surface area contributed by atoms with E-state index in [1.165, 1.54) is 11.1 Å². The molecular formula is C14H20N4O. The summed E-state index contributed by atoms with van der Waals surface area (Å²) in [6.45, 7) is 4.26. The number of aliphatic hydroxyl groups is 1. The van der Waals surface area contributed by atoms with E-state index in [9.17, 15) is 0 Å². The summed E-state index contributed by atoms with van der Waals surface area (Å²) in [6, 6.07) is 8.44. The molecule has 1 heterocycles. The Morgan fingerprint density at radius 2 is 2.00 bits per heavy atom. The topological polar surface area (TPSA) is 63.0 Å². The fourth-order valence-corrected chi connectivity index (χ4v) is 2.03. The van der Waals surface area contributed by atoms with Crippen LogP contribution in [-0.4, -0.2) is 26.7 Å². The Hall–Kier alpha value is -1.72. The molecule has 0 spiro atoms. The van der Waals surface area contributed by atoms with Crippen LogP contribution < -0.4 is 5.32 Å². The van der Waals surface area contributed by atoms with Crippen molar-refractivity contribution in [2.75, 3.05) is 6.61 Å². The molecule has 0 aliphatic carbocycles. The van der Waals surface area contributed by atoms with Crippen LogP contribution in [0.25, 0.3) is 0 Å². The lowest BCUT2D eigenvalue weighted by molar-refractivity contribution is 0.268. The van der Waals surface area contributed by atoms with E-state index in [1.54, 1.807) is 4.68 Å². The van der Waals surface area contributed by atoms with Crippen molar-refractivity contribution in [2.24, 2.45) is 0 Å². The zero-order chi connectivity index (χ0) is 13.5. The predicted octanol–water partition coefficient (Wildman–Crippen LogP) is 1.12. The number of hydrogen-bond donors (Lipinski definition) is 2. The third-order valence-electron chi connectivity index (χ3n) is 3.04. The first-order chi connectivity index (χ1) is 9.33. The molecule has 0 radical (unpaired) electrons. The number of nitrogens with one attached hydrogen (secondary N) is 1. The molecule has 0 saturated heterocycles. The van der Waals surface area contributed by atoms with Gasteiger partial charge in [-0.25, -0.2) is 4.68 Å². The van der Waals surface area contributed by atoms with Gasteiger partial charge in [0.05, 0.1) is 18.8 Å². The highest BCUT2D eigenvalue weighted by atomic mass is 16.3. The molecule has 0 aliphatic rings. The molecule has 2 N–H and O–H groups in total. The van der Waals surface area contributed by atoms with Crippen molar-refractivity contribution < 1.29 is 5.11 Å². The zero-order valence-corrected chi connectivity index (χ0v) is 11.2. The first kappa shape index (κ1) is 13.7. The van der Waals surface area contributed by atoms with Gasteiger partial charge < -0.3 is 10.4 Å². The second-order valence-electron chi connectivity index (χ2n) is 4.42. The van der Waals surface area contributed by atoms with Crippen LogP contribution in [0.15, 0.2) is 30.5 Å². The standard InChI is InChI=1S/C14H20N4O/c1-2-12-5-3-4-6-13(12)9-15-10-14-11-18(7-8-19)17-16-14/h3-6,11,15,19H,2,7-10H2,1H3. The van der Waals surface area contributed by atoms with Crippen LogP contribution >= 0.6 is 0 Å². The van der Waals surface area contributed by atoms with Gasteiger partial charge in [0.25, 0.3) is 0 Å². The molecule has 0 fully saturated rings. The predicted molar refractivity (Wildman–Crippen MR) is 73.5 cm³/mol. The monoisotopic (exact) mass is 260 g/mol. The summed E-state index contributed by atoms with van der Waals surface area (Å²) in [7, 11) is 0. The first-order valence-electron chi connectivity index (χ1n) is 6.61. The molecular weight excluding hydrogens is 240 g/mol. The maximum atomic E-state index is 8.81. The SMILES string of the molecule is CCc1ccccc1CNCc1cn(CCO)nn1. The molecule has 19 heavy (non-hydrogen) atoms. The lowest BCUT2D eigenvalue weighted by atomic mass is 10.1. The fourth-order valence-electron chi connectivity index (χ4n) is 2.03. The third kappa shape index (κ3) is 3.87. The van der Waals surface area contributed by atoms with E-state index in [1.807, 2.05) is 6.20 Å². The minimum absolute atomic E-state index is 0.0834. The van der Waals surface area contributed by atoms with Gasteiger partial charge in [0.1, 0.15) is 0 Å². The van der Waals surface area contributed by atoms with Crippen molar-refractivity contribution in [3.63, 3.8) is 0 Å². The molecule has 102 valence electrons. The number of hydrogen-bond acceptors (Lipinski definition) is 4. The summed E-state index contributed by atoms with van der Waals surface area (Å²) in [5.74, 6) is 0. The van der Waals surface area contributed by atoms with Gasteiger partial charge in [0.2, 0.25) is 0 Å². The quantitative estimate of drug-likeness (QED) is 0.783. The summed E-state index contributed by atoms with van der Waals surface area (Å²) < 4.78 is 1.65. The average molecular weight is 260 g/mol. The number of aryl methyl sites for hydroxylation is 1. The van der Waals surface area contributed by atoms with Gasteiger partial charge in [-0.15, -0.1) is 5.10 Å². The number of aliphatic hydroxyl groups excluding tert-OH is 1. The highest BCUT2D eigenvalue weighted by Crippen LogP contribution is 2.09. The van der Waals surface area contributed by atoms with E-state index >= 15 is 0 Å². The van der Waals surface area contributed by atoms with Crippen LogP contribution in [0.3, 0.4) is 0 Å².